The van der Waals surface area contributed by atoms with Crippen molar-refractivity contribution in [3.8, 4) is 22.5 Å². The standard InChI is InChI=1S/C15H9Cl2FN2O/c16-11-5-4-8(7-12(11)17)13-14(21-20-15(13)19)9-2-1-3-10(18)6-9/h1-7H,(H2,19,20). The Morgan fingerprint density at radius 1 is 1.00 bits per heavy atom. The Labute approximate surface area is 130 Å². The Balaban J connectivity index is 2.19. The Kier molecular flexibility index (Phi) is 3.57. The van der Waals surface area contributed by atoms with Gasteiger partial charge in [-0.25, -0.2) is 4.39 Å². The minimum atomic E-state index is -0.373. The molecule has 0 bridgehead atoms. The third-order valence-electron chi connectivity index (χ3n) is 3.01. The number of aromatic nitrogens is 1. The molecule has 0 spiro atoms. The van der Waals surface area contributed by atoms with Crippen LogP contribution in [0.3, 0.4) is 0 Å². The Morgan fingerprint density at radius 2 is 1.81 bits per heavy atom. The first-order valence-electron chi connectivity index (χ1n) is 6.03. The molecule has 0 saturated carbocycles. The second-order valence-corrected chi connectivity index (χ2v) is 5.23. The molecule has 0 aliphatic heterocycles. The van der Waals surface area contributed by atoms with Gasteiger partial charge in [0.15, 0.2) is 11.6 Å². The summed E-state index contributed by atoms with van der Waals surface area (Å²) in [6.45, 7) is 0. The van der Waals surface area contributed by atoms with Crippen LogP contribution in [0.5, 0.6) is 0 Å². The summed E-state index contributed by atoms with van der Waals surface area (Å²) in [4.78, 5) is 0. The lowest BCUT2D eigenvalue weighted by Gasteiger charge is -2.04. The van der Waals surface area contributed by atoms with Gasteiger partial charge in [-0.3, -0.25) is 0 Å². The van der Waals surface area contributed by atoms with Crippen molar-refractivity contribution in [2.75, 3.05) is 5.73 Å². The van der Waals surface area contributed by atoms with Gasteiger partial charge in [-0.05, 0) is 29.8 Å². The molecule has 3 rings (SSSR count). The van der Waals surface area contributed by atoms with E-state index in [2.05, 4.69) is 5.16 Å². The highest BCUT2D eigenvalue weighted by molar-refractivity contribution is 6.42. The molecule has 3 aromatic rings. The quantitative estimate of drug-likeness (QED) is 0.719. The van der Waals surface area contributed by atoms with Crippen molar-refractivity contribution in [2.24, 2.45) is 0 Å². The summed E-state index contributed by atoms with van der Waals surface area (Å²) in [6, 6.07) is 11.1. The number of anilines is 1. The number of rotatable bonds is 2. The van der Waals surface area contributed by atoms with E-state index in [0.717, 1.165) is 0 Å². The molecule has 0 radical (unpaired) electrons. The maximum absolute atomic E-state index is 13.4. The van der Waals surface area contributed by atoms with Gasteiger partial charge in [0.25, 0.3) is 0 Å². The fourth-order valence-corrected chi connectivity index (χ4v) is 2.36. The zero-order valence-electron chi connectivity index (χ0n) is 10.6. The van der Waals surface area contributed by atoms with Gasteiger partial charge in [0.05, 0.1) is 15.6 Å². The highest BCUT2D eigenvalue weighted by atomic mass is 35.5. The highest BCUT2D eigenvalue weighted by Gasteiger charge is 2.18. The second-order valence-electron chi connectivity index (χ2n) is 4.41. The first-order chi connectivity index (χ1) is 10.1. The molecule has 3 nitrogen and oxygen atoms in total. The van der Waals surface area contributed by atoms with E-state index in [0.29, 0.717) is 32.5 Å². The van der Waals surface area contributed by atoms with Crippen LogP contribution in [0.2, 0.25) is 10.0 Å². The lowest BCUT2D eigenvalue weighted by Crippen LogP contribution is -1.89. The van der Waals surface area contributed by atoms with E-state index in [1.54, 1.807) is 30.3 Å². The molecule has 0 aliphatic carbocycles. The molecule has 2 N–H and O–H groups in total. The van der Waals surface area contributed by atoms with Gasteiger partial charge < -0.3 is 10.3 Å². The monoisotopic (exact) mass is 322 g/mol. The summed E-state index contributed by atoms with van der Waals surface area (Å²) in [7, 11) is 0. The fourth-order valence-electron chi connectivity index (χ4n) is 2.06. The first-order valence-corrected chi connectivity index (χ1v) is 6.78. The number of halogens is 3. The van der Waals surface area contributed by atoms with Crippen molar-refractivity contribution in [1.29, 1.82) is 0 Å². The van der Waals surface area contributed by atoms with Gasteiger partial charge in [0.1, 0.15) is 5.82 Å². The summed E-state index contributed by atoms with van der Waals surface area (Å²) < 4.78 is 18.6. The van der Waals surface area contributed by atoms with E-state index in [1.807, 2.05) is 0 Å². The number of nitrogens with two attached hydrogens (primary N) is 1. The van der Waals surface area contributed by atoms with Crippen LogP contribution in [-0.4, -0.2) is 5.16 Å². The Bertz CT molecular complexity index is 817. The topological polar surface area (TPSA) is 52.0 Å². The van der Waals surface area contributed by atoms with Crippen molar-refractivity contribution >= 4 is 29.0 Å². The molecular weight excluding hydrogens is 314 g/mol. The lowest BCUT2D eigenvalue weighted by atomic mass is 10.0. The summed E-state index contributed by atoms with van der Waals surface area (Å²) in [5.41, 5.74) is 7.66. The van der Waals surface area contributed by atoms with E-state index in [9.17, 15) is 4.39 Å². The van der Waals surface area contributed by atoms with Crippen molar-refractivity contribution in [1.82, 2.24) is 5.16 Å². The van der Waals surface area contributed by atoms with E-state index < -0.39 is 0 Å². The SMILES string of the molecule is Nc1noc(-c2cccc(F)c2)c1-c1ccc(Cl)c(Cl)c1. The van der Waals surface area contributed by atoms with Crippen molar-refractivity contribution < 1.29 is 8.91 Å². The van der Waals surface area contributed by atoms with Crippen molar-refractivity contribution in [2.45, 2.75) is 0 Å². The molecular formula is C15H9Cl2FN2O. The number of nitrogens with zero attached hydrogens (tertiary/aromatic N) is 1. The number of hydrogen-bond acceptors (Lipinski definition) is 3. The summed E-state index contributed by atoms with van der Waals surface area (Å²) in [6.07, 6.45) is 0. The van der Waals surface area contributed by atoms with Gasteiger partial charge in [-0.1, -0.05) is 46.6 Å². The van der Waals surface area contributed by atoms with Crippen LogP contribution >= 0.6 is 23.2 Å². The van der Waals surface area contributed by atoms with Crippen LogP contribution in [0.1, 0.15) is 0 Å². The largest absolute Gasteiger partial charge is 0.380 e. The minimum Gasteiger partial charge on any atom is -0.380 e. The first kappa shape index (κ1) is 13.9. The zero-order chi connectivity index (χ0) is 15.0. The maximum Gasteiger partial charge on any atom is 0.177 e. The predicted octanol–water partition coefficient (Wildman–Crippen LogP) is 5.04. The molecule has 106 valence electrons. The summed E-state index contributed by atoms with van der Waals surface area (Å²) >= 11 is 11.9. The van der Waals surface area contributed by atoms with E-state index in [1.165, 1.54) is 12.1 Å². The Hall–Kier alpha value is -2.04. The summed E-state index contributed by atoms with van der Waals surface area (Å²) in [5.74, 6) is 0.209. The number of hydrogen-bond donors (Lipinski definition) is 1. The molecule has 0 unspecified atom stereocenters. The van der Waals surface area contributed by atoms with Crippen LogP contribution in [0, 0.1) is 5.82 Å². The van der Waals surface area contributed by atoms with E-state index >= 15 is 0 Å². The molecule has 6 heteroatoms. The molecule has 0 amide bonds. The molecule has 1 heterocycles. The predicted molar refractivity (Wildman–Crippen MR) is 81.8 cm³/mol. The van der Waals surface area contributed by atoms with Crippen LogP contribution < -0.4 is 5.73 Å². The third kappa shape index (κ3) is 2.60. The van der Waals surface area contributed by atoms with Gasteiger partial charge >= 0.3 is 0 Å². The normalized spacial score (nSPS) is 10.8. The van der Waals surface area contributed by atoms with Crippen molar-refractivity contribution in [3.05, 3.63) is 58.3 Å². The smallest absolute Gasteiger partial charge is 0.177 e. The van der Waals surface area contributed by atoms with Gasteiger partial charge in [0.2, 0.25) is 0 Å². The molecule has 0 atom stereocenters. The third-order valence-corrected chi connectivity index (χ3v) is 3.75. The lowest BCUT2D eigenvalue weighted by molar-refractivity contribution is 0.436. The summed E-state index contributed by atoms with van der Waals surface area (Å²) in [5, 5.41) is 4.58. The molecule has 1 aromatic heterocycles. The molecule has 2 aromatic carbocycles. The zero-order valence-corrected chi connectivity index (χ0v) is 12.1. The molecule has 0 fully saturated rings. The van der Waals surface area contributed by atoms with Gasteiger partial charge in [-0.15, -0.1) is 0 Å². The number of benzene rings is 2. The highest BCUT2D eigenvalue weighted by Crippen LogP contribution is 2.38. The fraction of sp³-hybridized carbons (Fsp3) is 0. The van der Waals surface area contributed by atoms with E-state index in [4.69, 9.17) is 33.5 Å². The molecule has 21 heavy (non-hydrogen) atoms. The van der Waals surface area contributed by atoms with E-state index in [-0.39, 0.29) is 11.6 Å². The van der Waals surface area contributed by atoms with Crippen LogP contribution in [0.4, 0.5) is 10.2 Å². The van der Waals surface area contributed by atoms with Gasteiger partial charge in [0, 0.05) is 5.56 Å². The average Bonchev–Trinajstić information content (AvgIpc) is 2.84. The number of nitrogen functional groups attached to an aromatic ring is 1. The maximum atomic E-state index is 13.4. The van der Waals surface area contributed by atoms with Crippen molar-refractivity contribution in [3.63, 3.8) is 0 Å². The average molecular weight is 323 g/mol. The van der Waals surface area contributed by atoms with Gasteiger partial charge in [-0.2, -0.15) is 0 Å². The van der Waals surface area contributed by atoms with Crippen LogP contribution in [-0.2, 0) is 0 Å². The molecule has 0 saturated heterocycles. The van der Waals surface area contributed by atoms with Crippen LogP contribution in [0.15, 0.2) is 47.0 Å². The second kappa shape index (κ2) is 5.39. The Morgan fingerprint density at radius 3 is 2.52 bits per heavy atom. The van der Waals surface area contributed by atoms with Crippen LogP contribution in [0.25, 0.3) is 22.5 Å². The minimum absolute atomic E-state index is 0.202. The molecule has 0 aliphatic rings.